The maximum atomic E-state index is 11.9. The van der Waals surface area contributed by atoms with Crippen molar-refractivity contribution in [2.24, 2.45) is 11.7 Å². The number of rotatable bonds is 8. The van der Waals surface area contributed by atoms with E-state index in [1.165, 1.54) is 25.9 Å². The van der Waals surface area contributed by atoms with E-state index in [1.54, 1.807) is 0 Å². The van der Waals surface area contributed by atoms with Gasteiger partial charge in [0.1, 0.15) is 0 Å². The van der Waals surface area contributed by atoms with Crippen LogP contribution in [0.2, 0.25) is 0 Å². The molecule has 0 aliphatic carbocycles. The van der Waals surface area contributed by atoms with Crippen LogP contribution in [-0.4, -0.2) is 42.5 Å². The van der Waals surface area contributed by atoms with E-state index in [-0.39, 0.29) is 11.9 Å². The molecule has 4 heteroatoms. The highest BCUT2D eigenvalue weighted by molar-refractivity contribution is 5.76. The number of likely N-dealkylation sites (tertiary alicyclic amines) is 1. The first-order valence-corrected chi connectivity index (χ1v) is 7.81. The largest absolute Gasteiger partial charge is 0.354 e. The molecule has 2 atom stereocenters. The van der Waals surface area contributed by atoms with Gasteiger partial charge in [0.2, 0.25) is 5.91 Å². The number of nitrogens with two attached hydrogens (primary N) is 1. The van der Waals surface area contributed by atoms with Gasteiger partial charge in [-0.1, -0.05) is 27.2 Å². The Bertz CT molecular complexity index is 262. The molecular formula is C15H31N3O. The van der Waals surface area contributed by atoms with Crippen molar-refractivity contribution in [3.63, 3.8) is 0 Å². The number of amides is 1. The lowest BCUT2D eigenvalue weighted by atomic mass is 10.0. The zero-order valence-electron chi connectivity index (χ0n) is 12.8. The fraction of sp³-hybridized carbons (Fsp3) is 0.933. The van der Waals surface area contributed by atoms with E-state index in [4.69, 9.17) is 5.73 Å². The van der Waals surface area contributed by atoms with Crippen molar-refractivity contribution in [1.29, 1.82) is 0 Å². The van der Waals surface area contributed by atoms with E-state index in [0.717, 1.165) is 19.4 Å². The molecule has 112 valence electrons. The first-order valence-electron chi connectivity index (χ1n) is 7.81. The Kier molecular flexibility index (Phi) is 7.39. The normalized spacial score (nSPS) is 19.6. The van der Waals surface area contributed by atoms with E-state index < -0.39 is 0 Å². The highest BCUT2D eigenvalue weighted by Crippen LogP contribution is 2.17. The minimum atomic E-state index is 0.00860. The standard InChI is InChI=1S/C15H31N3O/c1-4-7-13(16)10-15(19)17-11-14(12(2)3)18-8-5-6-9-18/h12-14H,4-11,16H2,1-3H3,(H,17,19). The van der Waals surface area contributed by atoms with Gasteiger partial charge in [0.15, 0.2) is 0 Å². The number of nitrogens with one attached hydrogen (secondary N) is 1. The summed E-state index contributed by atoms with van der Waals surface area (Å²) in [6, 6.07) is 0.475. The summed E-state index contributed by atoms with van der Waals surface area (Å²) in [4.78, 5) is 14.4. The zero-order chi connectivity index (χ0) is 14.3. The predicted molar refractivity (Wildman–Crippen MR) is 79.9 cm³/mol. The Labute approximate surface area is 118 Å². The summed E-state index contributed by atoms with van der Waals surface area (Å²) in [5.74, 6) is 0.675. The van der Waals surface area contributed by atoms with E-state index in [1.807, 2.05) is 0 Å². The average Bonchev–Trinajstić information content (AvgIpc) is 2.82. The summed E-state index contributed by atoms with van der Waals surface area (Å²) in [6.07, 6.45) is 5.00. The van der Waals surface area contributed by atoms with Crippen LogP contribution in [0, 0.1) is 5.92 Å². The van der Waals surface area contributed by atoms with Gasteiger partial charge in [-0.05, 0) is 38.3 Å². The molecule has 0 aromatic rings. The molecule has 3 N–H and O–H groups in total. The van der Waals surface area contributed by atoms with Gasteiger partial charge in [-0.2, -0.15) is 0 Å². The smallest absolute Gasteiger partial charge is 0.221 e. The van der Waals surface area contributed by atoms with Crippen molar-refractivity contribution >= 4 is 5.91 Å². The van der Waals surface area contributed by atoms with Crippen LogP contribution < -0.4 is 11.1 Å². The first-order chi connectivity index (χ1) is 9.04. The van der Waals surface area contributed by atoms with Crippen molar-refractivity contribution < 1.29 is 4.79 Å². The van der Waals surface area contributed by atoms with Gasteiger partial charge >= 0.3 is 0 Å². The summed E-state index contributed by atoms with van der Waals surface area (Å²) in [6.45, 7) is 9.67. The zero-order valence-corrected chi connectivity index (χ0v) is 12.8. The van der Waals surface area contributed by atoms with Gasteiger partial charge in [-0.3, -0.25) is 9.69 Å². The van der Waals surface area contributed by atoms with Crippen molar-refractivity contribution in [3.05, 3.63) is 0 Å². The summed E-state index contributed by atoms with van der Waals surface area (Å²) in [5, 5.41) is 3.07. The predicted octanol–water partition coefficient (Wildman–Crippen LogP) is 1.74. The molecule has 0 radical (unpaired) electrons. The fourth-order valence-electron chi connectivity index (χ4n) is 2.86. The van der Waals surface area contributed by atoms with E-state index in [0.29, 0.717) is 18.4 Å². The van der Waals surface area contributed by atoms with Crippen LogP contribution in [0.15, 0.2) is 0 Å². The minimum Gasteiger partial charge on any atom is -0.354 e. The molecule has 1 amide bonds. The van der Waals surface area contributed by atoms with Gasteiger partial charge in [0.05, 0.1) is 0 Å². The van der Waals surface area contributed by atoms with Crippen molar-refractivity contribution in [2.45, 2.75) is 65.0 Å². The molecule has 1 heterocycles. The minimum absolute atomic E-state index is 0.00860. The number of hydrogen-bond acceptors (Lipinski definition) is 3. The van der Waals surface area contributed by atoms with Crippen LogP contribution in [0.25, 0.3) is 0 Å². The lowest BCUT2D eigenvalue weighted by Gasteiger charge is -2.31. The molecule has 1 fully saturated rings. The topological polar surface area (TPSA) is 58.4 Å². The van der Waals surface area contributed by atoms with Crippen molar-refractivity contribution in [1.82, 2.24) is 10.2 Å². The lowest BCUT2D eigenvalue weighted by Crippen LogP contribution is -2.46. The second-order valence-corrected chi connectivity index (χ2v) is 6.11. The highest BCUT2D eigenvalue weighted by Gasteiger charge is 2.24. The lowest BCUT2D eigenvalue weighted by molar-refractivity contribution is -0.121. The van der Waals surface area contributed by atoms with Crippen LogP contribution in [0.5, 0.6) is 0 Å². The molecule has 1 aliphatic heterocycles. The van der Waals surface area contributed by atoms with Crippen LogP contribution in [0.4, 0.5) is 0 Å². The fourth-order valence-corrected chi connectivity index (χ4v) is 2.86. The number of nitrogens with zero attached hydrogens (tertiary/aromatic N) is 1. The van der Waals surface area contributed by atoms with Crippen LogP contribution in [-0.2, 0) is 4.79 Å². The monoisotopic (exact) mass is 269 g/mol. The van der Waals surface area contributed by atoms with Crippen molar-refractivity contribution in [2.75, 3.05) is 19.6 Å². The molecule has 1 rings (SSSR count). The molecule has 0 aromatic carbocycles. The Morgan fingerprint density at radius 2 is 1.95 bits per heavy atom. The van der Waals surface area contributed by atoms with Crippen LogP contribution >= 0.6 is 0 Å². The second kappa shape index (κ2) is 8.54. The molecule has 4 nitrogen and oxygen atoms in total. The Morgan fingerprint density at radius 1 is 1.32 bits per heavy atom. The van der Waals surface area contributed by atoms with E-state index >= 15 is 0 Å². The first kappa shape index (κ1) is 16.4. The summed E-state index contributed by atoms with van der Waals surface area (Å²) < 4.78 is 0. The number of hydrogen-bond donors (Lipinski definition) is 2. The molecule has 1 aliphatic rings. The van der Waals surface area contributed by atoms with Crippen molar-refractivity contribution in [3.8, 4) is 0 Å². The van der Waals surface area contributed by atoms with E-state index in [9.17, 15) is 4.79 Å². The molecule has 0 spiro atoms. The SMILES string of the molecule is CCCC(N)CC(=O)NCC(C(C)C)N1CCCC1. The van der Waals surface area contributed by atoms with Gasteiger partial charge in [0, 0.05) is 25.0 Å². The van der Waals surface area contributed by atoms with Gasteiger partial charge in [-0.15, -0.1) is 0 Å². The maximum Gasteiger partial charge on any atom is 0.221 e. The molecule has 0 aromatic heterocycles. The number of carbonyl (C=O) groups excluding carboxylic acids is 1. The summed E-state index contributed by atoms with van der Waals surface area (Å²) >= 11 is 0. The average molecular weight is 269 g/mol. The summed E-state index contributed by atoms with van der Waals surface area (Å²) in [7, 11) is 0. The Morgan fingerprint density at radius 3 is 2.47 bits per heavy atom. The third-order valence-electron chi connectivity index (χ3n) is 3.99. The highest BCUT2D eigenvalue weighted by atomic mass is 16.1. The second-order valence-electron chi connectivity index (χ2n) is 6.11. The molecule has 1 saturated heterocycles. The van der Waals surface area contributed by atoms with Gasteiger partial charge in [-0.25, -0.2) is 0 Å². The summed E-state index contributed by atoms with van der Waals surface area (Å²) in [5.41, 5.74) is 5.90. The Balaban J connectivity index is 2.32. The van der Waals surface area contributed by atoms with E-state index in [2.05, 4.69) is 31.0 Å². The van der Waals surface area contributed by atoms with Crippen LogP contribution in [0.1, 0.15) is 52.9 Å². The third kappa shape index (κ3) is 5.91. The maximum absolute atomic E-state index is 11.9. The molecule has 0 bridgehead atoms. The quantitative estimate of drug-likeness (QED) is 0.705. The molecule has 19 heavy (non-hydrogen) atoms. The van der Waals surface area contributed by atoms with Gasteiger partial charge < -0.3 is 11.1 Å². The molecule has 0 saturated carbocycles. The molecular weight excluding hydrogens is 238 g/mol. The third-order valence-corrected chi connectivity index (χ3v) is 3.99. The van der Waals surface area contributed by atoms with Crippen LogP contribution in [0.3, 0.4) is 0 Å². The number of carbonyl (C=O) groups is 1. The molecule has 2 unspecified atom stereocenters. The van der Waals surface area contributed by atoms with Gasteiger partial charge in [0.25, 0.3) is 0 Å². The Hall–Kier alpha value is -0.610.